The van der Waals surface area contributed by atoms with Crippen LogP contribution in [-0.4, -0.2) is 11.4 Å². The fraction of sp³-hybridized carbons (Fsp3) is 0.625. The molecule has 0 aliphatic carbocycles. The quantitative estimate of drug-likeness (QED) is 0.566. The maximum absolute atomic E-state index is 10.8. The number of carbonyl (C=O) groups is 1. The highest BCUT2D eigenvalue weighted by Gasteiger charge is 2.14. The van der Waals surface area contributed by atoms with Gasteiger partial charge < -0.3 is 5.32 Å². The van der Waals surface area contributed by atoms with Crippen molar-refractivity contribution in [2.75, 3.05) is 0 Å². The van der Waals surface area contributed by atoms with E-state index in [1.54, 1.807) is 20.8 Å². The van der Waals surface area contributed by atoms with Crippen molar-refractivity contribution in [3.63, 3.8) is 0 Å². The lowest BCUT2D eigenvalue weighted by Gasteiger charge is -2.18. The fourth-order valence-corrected chi connectivity index (χ4v) is 0.473. The van der Waals surface area contributed by atoms with Crippen LogP contribution in [0.2, 0.25) is 0 Å². The molecule has 56 valence electrons. The smallest absolute Gasteiger partial charge is 0.220 e. The summed E-state index contributed by atoms with van der Waals surface area (Å²) < 4.78 is 0. The van der Waals surface area contributed by atoms with Crippen molar-refractivity contribution in [2.24, 2.45) is 0 Å². The third-order valence-corrected chi connectivity index (χ3v) is 1.13. The van der Waals surface area contributed by atoms with Crippen molar-refractivity contribution >= 4 is 5.91 Å². The Morgan fingerprint density at radius 1 is 1.70 bits per heavy atom. The molecule has 0 saturated carbocycles. The molecule has 0 aliphatic rings. The molecule has 0 aromatic carbocycles. The van der Waals surface area contributed by atoms with Crippen molar-refractivity contribution < 1.29 is 4.79 Å². The first kappa shape index (κ1) is 9.03. The second-order valence-electron chi connectivity index (χ2n) is 2.67. The van der Waals surface area contributed by atoms with Crippen LogP contribution < -0.4 is 5.32 Å². The largest absolute Gasteiger partial charge is 0.340 e. The van der Waals surface area contributed by atoms with Gasteiger partial charge in [-0.1, -0.05) is 12.8 Å². The average molecular weight is 139 g/mol. The third-order valence-electron chi connectivity index (χ3n) is 1.13. The van der Waals surface area contributed by atoms with E-state index in [0.29, 0.717) is 6.42 Å². The Morgan fingerprint density at radius 3 is 2.50 bits per heavy atom. The zero-order valence-electron chi connectivity index (χ0n) is 6.69. The minimum Gasteiger partial charge on any atom is -0.340 e. The second-order valence-corrected chi connectivity index (χ2v) is 2.67. The Labute approximate surface area is 62.0 Å². The minimum absolute atomic E-state index is 0.0112. The molecule has 0 saturated heterocycles. The molecule has 2 heteroatoms. The first-order chi connectivity index (χ1) is 4.52. The molecule has 0 aromatic rings. The van der Waals surface area contributed by atoms with Gasteiger partial charge in [-0.15, -0.1) is 6.42 Å². The van der Waals surface area contributed by atoms with E-state index >= 15 is 0 Å². The van der Waals surface area contributed by atoms with Crippen LogP contribution in [0.5, 0.6) is 0 Å². The van der Waals surface area contributed by atoms with Crippen LogP contribution >= 0.6 is 0 Å². The third kappa shape index (κ3) is 3.13. The molecule has 0 spiro atoms. The van der Waals surface area contributed by atoms with Crippen molar-refractivity contribution in [3.05, 3.63) is 0 Å². The Morgan fingerprint density at radius 2 is 2.20 bits per heavy atom. The molecule has 0 atom stereocenters. The van der Waals surface area contributed by atoms with E-state index in [1.165, 1.54) is 0 Å². The highest BCUT2D eigenvalue weighted by molar-refractivity contribution is 5.76. The molecule has 0 bridgehead atoms. The van der Waals surface area contributed by atoms with Crippen LogP contribution in [0.4, 0.5) is 0 Å². The molecule has 0 rings (SSSR count). The monoisotopic (exact) mass is 139 g/mol. The van der Waals surface area contributed by atoms with Crippen LogP contribution in [0.1, 0.15) is 27.2 Å². The maximum atomic E-state index is 10.8. The summed E-state index contributed by atoms with van der Waals surface area (Å²) in [6.45, 7) is 5.38. The molecular formula is C8H13NO. The number of rotatable bonds is 2. The van der Waals surface area contributed by atoms with E-state index in [9.17, 15) is 4.79 Å². The van der Waals surface area contributed by atoms with Crippen molar-refractivity contribution in [1.82, 2.24) is 5.32 Å². The Hall–Kier alpha value is -0.970. The number of hydrogen-bond acceptors (Lipinski definition) is 1. The molecular weight excluding hydrogens is 126 g/mol. The maximum Gasteiger partial charge on any atom is 0.220 e. The summed E-state index contributed by atoms with van der Waals surface area (Å²) >= 11 is 0. The summed E-state index contributed by atoms with van der Waals surface area (Å²) in [5.74, 6) is 2.46. The minimum atomic E-state index is -0.507. The van der Waals surface area contributed by atoms with Crippen molar-refractivity contribution in [2.45, 2.75) is 32.7 Å². The number of amides is 1. The average Bonchev–Trinajstić information content (AvgIpc) is 1.87. The molecule has 0 radical (unpaired) electrons. The first-order valence-electron chi connectivity index (χ1n) is 3.30. The molecule has 1 amide bonds. The second kappa shape index (κ2) is 3.26. The lowest BCUT2D eigenvalue weighted by Crippen LogP contribution is -2.41. The summed E-state index contributed by atoms with van der Waals surface area (Å²) in [6, 6.07) is 0. The lowest BCUT2D eigenvalue weighted by atomic mass is 10.1. The standard InChI is InChI=1S/C8H13NO/c1-5-7(10)9-8(3,4)6-2/h2H,5H2,1,3-4H3,(H,9,10). The van der Waals surface area contributed by atoms with E-state index in [1.807, 2.05) is 0 Å². The number of terminal acetylenes is 1. The van der Waals surface area contributed by atoms with Crippen LogP contribution in [-0.2, 0) is 4.79 Å². The molecule has 1 N–H and O–H groups in total. The fourth-order valence-electron chi connectivity index (χ4n) is 0.473. The summed E-state index contributed by atoms with van der Waals surface area (Å²) in [5, 5.41) is 2.68. The molecule has 2 nitrogen and oxygen atoms in total. The van der Waals surface area contributed by atoms with E-state index in [-0.39, 0.29) is 5.91 Å². The summed E-state index contributed by atoms with van der Waals surface area (Å²) in [6.07, 6.45) is 5.62. The zero-order chi connectivity index (χ0) is 8.20. The SMILES string of the molecule is C#CC(C)(C)NC(=O)CC. The van der Waals surface area contributed by atoms with E-state index < -0.39 is 5.54 Å². The summed E-state index contributed by atoms with van der Waals surface area (Å²) in [5.41, 5.74) is -0.507. The van der Waals surface area contributed by atoms with Gasteiger partial charge >= 0.3 is 0 Å². The van der Waals surface area contributed by atoms with Gasteiger partial charge in [0.05, 0.1) is 5.54 Å². The zero-order valence-corrected chi connectivity index (χ0v) is 6.69. The summed E-state index contributed by atoms with van der Waals surface area (Å²) in [7, 11) is 0. The van der Waals surface area contributed by atoms with Gasteiger partial charge in [-0.3, -0.25) is 4.79 Å². The van der Waals surface area contributed by atoms with Crippen molar-refractivity contribution in [3.8, 4) is 12.3 Å². The molecule has 0 fully saturated rings. The Kier molecular flexibility index (Phi) is 2.95. The lowest BCUT2D eigenvalue weighted by molar-refractivity contribution is -0.121. The Balaban J connectivity index is 3.92. The van der Waals surface area contributed by atoms with Gasteiger partial charge in [0.25, 0.3) is 0 Å². The van der Waals surface area contributed by atoms with Crippen molar-refractivity contribution in [1.29, 1.82) is 0 Å². The molecule has 10 heavy (non-hydrogen) atoms. The summed E-state index contributed by atoms with van der Waals surface area (Å²) in [4.78, 5) is 10.8. The van der Waals surface area contributed by atoms with E-state index in [4.69, 9.17) is 6.42 Å². The van der Waals surface area contributed by atoms with E-state index in [0.717, 1.165) is 0 Å². The predicted molar refractivity (Wildman–Crippen MR) is 41.3 cm³/mol. The van der Waals surface area contributed by atoms with Gasteiger partial charge in [0, 0.05) is 6.42 Å². The highest BCUT2D eigenvalue weighted by atomic mass is 16.1. The van der Waals surface area contributed by atoms with Crippen LogP contribution in [0.25, 0.3) is 0 Å². The van der Waals surface area contributed by atoms with E-state index in [2.05, 4.69) is 11.2 Å². The molecule has 0 aromatic heterocycles. The molecule has 0 heterocycles. The van der Waals surface area contributed by atoms with Gasteiger partial charge in [-0.25, -0.2) is 0 Å². The first-order valence-corrected chi connectivity index (χ1v) is 3.30. The van der Waals surface area contributed by atoms with Gasteiger partial charge in [0.2, 0.25) is 5.91 Å². The van der Waals surface area contributed by atoms with Crippen LogP contribution in [0.15, 0.2) is 0 Å². The van der Waals surface area contributed by atoms with Gasteiger partial charge in [-0.2, -0.15) is 0 Å². The predicted octanol–water partition coefficient (Wildman–Crippen LogP) is 0.924. The molecule has 0 aliphatic heterocycles. The molecule has 0 unspecified atom stereocenters. The van der Waals surface area contributed by atoms with Gasteiger partial charge in [0.1, 0.15) is 0 Å². The topological polar surface area (TPSA) is 29.1 Å². The van der Waals surface area contributed by atoms with Gasteiger partial charge in [0.15, 0.2) is 0 Å². The van der Waals surface area contributed by atoms with Crippen LogP contribution in [0.3, 0.4) is 0 Å². The highest BCUT2D eigenvalue weighted by Crippen LogP contribution is 1.98. The van der Waals surface area contributed by atoms with Crippen LogP contribution in [0, 0.1) is 12.3 Å². The van der Waals surface area contributed by atoms with Gasteiger partial charge in [-0.05, 0) is 13.8 Å². The number of carbonyl (C=O) groups excluding carboxylic acids is 1. The normalized spacial score (nSPS) is 10.2. The number of nitrogens with one attached hydrogen (secondary N) is 1. The number of hydrogen-bond donors (Lipinski definition) is 1. The Bertz CT molecular complexity index is 165.